The molecule has 8 nitrogen and oxygen atoms in total. The summed E-state index contributed by atoms with van der Waals surface area (Å²) in [6.45, 7) is 0.305. The monoisotopic (exact) mass is 529 g/mol. The predicted octanol–water partition coefficient (Wildman–Crippen LogP) is 5.10. The molecule has 0 saturated carbocycles. The van der Waals surface area contributed by atoms with E-state index in [0.29, 0.717) is 17.9 Å². The Kier molecular flexibility index (Phi) is 7.55. The van der Waals surface area contributed by atoms with Gasteiger partial charge in [0.15, 0.2) is 0 Å². The van der Waals surface area contributed by atoms with Crippen molar-refractivity contribution in [2.45, 2.75) is 6.61 Å². The van der Waals surface area contributed by atoms with Crippen molar-refractivity contribution in [2.24, 2.45) is 5.10 Å². The van der Waals surface area contributed by atoms with Crippen LogP contribution in [0.3, 0.4) is 0 Å². The number of nitriles is 1. The number of methoxy groups -OCH3 is 1. The minimum absolute atomic E-state index is 0.0593. The highest BCUT2D eigenvalue weighted by atomic mass is 79.9. The normalized spacial score (nSPS) is 10.7. The van der Waals surface area contributed by atoms with Crippen LogP contribution in [0, 0.1) is 11.3 Å². The van der Waals surface area contributed by atoms with Crippen LogP contribution in [0.4, 0.5) is 5.95 Å². The van der Waals surface area contributed by atoms with E-state index in [2.05, 4.69) is 36.4 Å². The van der Waals surface area contributed by atoms with E-state index in [9.17, 15) is 10.1 Å². The number of aromatic nitrogens is 2. The number of hydrogen-bond donors (Lipinski definition) is 2. The summed E-state index contributed by atoms with van der Waals surface area (Å²) in [5.41, 5.74) is 4.69. The molecule has 35 heavy (non-hydrogen) atoms. The van der Waals surface area contributed by atoms with Gasteiger partial charge in [0.2, 0.25) is 5.95 Å². The van der Waals surface area contributed by atoms with Crippen molar-refractivity contribution in [3.63, 3.8) is 0 Å². The summed E-state index contributed by atoms with van der Waals surface area (Å²) in [5.74, 6) is 1.54. The summed E-state index contributed by atoms with van der Waals surface area (Å²) >= 11 is 3.43. The van der Waals surface area contributed by atoms with Crippen LogP contribution in [0.15, 0.2) is 87.2 Å². The molecule has 3 aromatic carbocycles. The molecule has 4 aromatic rings. The molecule has 0 unspecified atom stereocenters. The van der Waals surface area contributed by atoms with Gasteiger partial charge >= 0.3 is 0 Å². The lowest BCUT2D eigenvalue weighted by molar-refractivity contribution is 0.296. The fraction of sp³-hybridized carbons (Fsp3) is 0.0769. The van der Waals surface area contributed by atoms with Crippen LogP contribution in [-0.4, -0.2) is 23.3 Å². The average Bonchev–Trinajstić information content (AvgIpc) is 2.88. The second-order valence-electron chi connectivity index (χ2n) is 7.30. The van der Waals surface area contributed by atoms with Crippen molar-refractivity contribution < 1.29 is 9.47 Å². The van der Waals surface area contributed by atoms with Gasteiger partial charge in [0, 0.05) is 15.6 Å². The van der Waals surface area contributed by atoms with Crippen molar-refractivity contribution in [1.29, 1.82) is 5.26 Å². The Hall–Kier alpha value is -4.42. The van der Waals surface area contributed by atoms with Gasteiger partial charge in [0.25, 0.3) is 5.56 Å². The number of H-pyrrole nitrogens is 1. The lowest BCUT2D eigenvalue weighted by Crippen LogP contribution is -2.16. The van der Waals surface area contributed by atoms with E-state index < -0.39 is 5.56 Å². The molecule has 0 radical (unpaired) electrons. The molecule has 2 N–H and O–H groups in total. The van der Waals surface area contributed by atoms with Crippen LogP contribution < -0.4 is 20.5 Å². The Balaban J connectivity index is 1.52. The van der Waals surface area contributed by atoms with Crippen molar-refractivity contribution in [3.05, 3.63) is 104 Å². The third-order valence-corrected chi connectivity index (χ3v) is 5.45. The van der Waals surface area contributed by atoms with Crippen molar-refractivity contribution >= 4 is 28.1 Å². The quantitative estimate of drug-likeness (QED) is 0.242. The van der Waals surface area contributed by atoms with Gasteiger partial charge in [-0.05, 0) is 42.0 Å². The van der Waals surface area contributed by atoms with Crippen LogP contribution >= 0.6 is 15.9 Å². The maximum Gasteiger partial charge on any atom is 0.270 e. The molecule has 0 aliphatic carbocycles. The fourth-order valence-electron chi connectivity index (χ4n) is 3.31. The van der Waals surface area contributed by atoms with Gasteiger partial charge in [-0.3, -0.25) is 9.78 Å². The maximum atomic E-state index is 12.4. The SMILES string of the molecule is COc1ccc(C=NNc2nc(-c3ccccc3)c(C#N)c(=O)[nH]2)cc1COc1cccc(Br)c1. The van der Waals surface area contributed by atoms with E-state index in [1.54, 1.807) is 25.5 Å². The topological polar surface area (TPSA) is 112 Å². The fourth-order valence-corrected chi connectivity index (χ4v) is 3.69. The Bertz CT molecular complexity index is 1460. The van der Waals surface area contributed by atoms with E-state index >= 15 is 0 Å². The number of nitrogens with one attached hydrogen (secondary N) is 2. The van der Waals surface area contributed by atoms with Gasteiger partial charge in [0.1, 0.15) is 29.7 Å². The molecule has 0 atom stereocenters. The number of benzene rings is 3. The first kappa shape index (κ1) is 23.7. The molecule has 0 saturated heterocycles. The third kappa shape index (κ3) is 5.93. The number of hydrogen-bond acceptors (Lipinski definition) is 7. The van der Waals surface area contributed by atoms with Crippen molar-refractivity contribution in [2.75, 3.05) is 12.5 Å². The van der Waals surface area contributed by atoms with Crippen molar-refractivity contribution in [1.82, 2.24) is 9.97 Å². The van der Waals surface area contributed by atoms with E-state index in [1.165, 1.54) is 0 Å². The summed E-state index contributed by atoms with van der Waals surface area (Å²) in [6.07, 6.45) is 1.59. The van der Waals surface area contributed by atoms with Gasteiger partial charge in [-0.25, -0.2) is 10.4 Å². The highest BCUT2D eigenvalue weighted by Gasteiger charge is 2.13. The Labute approximate surface area is 210 Å². The first-order valence-electron chi connectivity index (χ1n) is 10.5. The molecule has 0 amide bonds. The van der Waals surface area contributed by atoms with Gasteiger partial charge in [0.05, 0.1) is 19.0 Å². The lowest BCUT2D eigenvalue weighted by Gasteiger charge is -2.11. The van der Waals surface area contributed by atoms with Crippen LogP contribution in [0.2, 0.25) is 0 Å². The number of halogens is 1. The second kappa shape index (κ2) is 11.1. The molecule has 174 valence electrons. The van der Waals surface area contributed by atoms with Gasteiger partial charge < -0.3 is 9.47 Å². The van der Waals surface area contributed by atoms with Gasteiger partial charge in [-0.2, -0.15) is 10.4 Å². The average molecular weight is 530 g/mol. The number of ether oxygens (including phenoxy) is 2. The van der Waals surface area contributed by atoms with E-state index in [4.69, 9.17) is 9.47 Å². The van der Waals surface area contributed by atoms with Crippen LogP contribution in [-0.2, 0) is 6.61 Å². The molecule has 0 aliphatic rings. The number of rotatable bonds is 8. The zero-order valence-corrected chi connectivity index (χ0v) is 20.2. The number of anilines is 1. The van der Waals surface area contributed by atoms with Crippen LogP contribution in [0.25, 0.3) is 11.3 Å². The summed E-state index contributed by atoms with van der Waals surface area (Å²) in [4.78, 5) is 19.3. The van der Waals surface area contributed by atoms with Gasteiger partial charge in [-0.15, -0.1) is 0 Å². The minimum Gasteiger partial charge on any atom is -0.496 e. The standard InChI is InChI=1S/C26H20BrN5O3/c1-34-23-11-10-17(12-19(23)16-35-21-9-5-8-20(27)13-21)15-29-32-26-30-24(18-6-3-2-4-7-18)22(14-28)25(33)31-26/h2-13,15H,16H2,1H3,(H2,30,31,32,33). The van der Waals surface area contributed by atoms with Gasteiger partial charge in [-0.1, -0.05) is 52.3 Å². The molecule has 1 heterocycles. The second-order valence-corrected chi connectivity index (χ2v) is 8.22. The largest absolute Gasteiger partial charge is 0.496 e. The zero-order valence-electron chi connectivity index (χ0n) is 18.7. The van der Waals surface area contributed by atoms with E-state index in [-0.39, 0.29) is 17.2 Å². The van der Waals surface area contributed by atoms with Crippen LogP contribution in [0.1, 0.15) is 16.7 Å². The molecule has 1 aromatic heterocycles. The summed E-state index contributed by atoms with van der Waals surface area (Å²) in [5, 5.41) is 13.6. The Morgan fingerprint density at radius 3 is 2.71 bits per heavy atom. The zero-order chi connectivity index (χ0) is 24.6. The molecular formula is C26H20BrN5O3. The third-order valence-electron chi connectivity index (χ3n) is 4.96. The van der Waals surface area contributed by atoms with Crippen LogP contribution in [0.5, 0.6) is 11.5 Å². The number of nitrogens with zero attached hydrogens (tertiary/aromatic N) is 3. The molecule has 0 spiro atoms. The lowest BCUT2D eigenvalue weighted by atomic mass is 10.1. The van der Waals surface area contributed by atoms with E-state index in [0.717, 1.165) is 21.3 Å². The first-order valence-corrected chi connectivity index (χ1v) is 11.3. The first-order chi connectivity index (χ1) is 17.1. The molecule has 0 fully saturated rings. The molecule has 4 rings (SSSR count). The summed E-state index contributed by atoms with van der Waals surface area (Å²) in [7, 11) is 1.60. The highest BCUT2D eigenvalue weighted by Crippen LogP contribution is 2.24. The molecule has 0 aliphatic heterocycles. The van der Waals surface area contributed by atoms with E-state index in [1.807, 2.05) is 66.7 Å². The number of aromatic amines is 1. The number of hydrazone groups is 1. The molecular weight excluding hydrogens is 510 g/mol. The summed E-state index contributed by atoms with van der Waals surface area (Å²) < 4.78 is 12.3. The maximum absolute atomic E-state index is 12.4. The molecule has 9 heteroatoms. The minimum atomic E-state index is -0.546. The summed E-state index contributed by atoms with van der Waals surface area (Å²) in [6, 6.07) is 24.1. The van der Waals surface area contributed by atoms with Crippen molar-refractivity contribution in [3.8, 4) is 28.8 Å². The smallest absolute Gasteiger partial charge is 0.270 e. The Morgan fingerprint density at radius 2 is 1.97 bits per heavy atom. The predicted molar refractivity (Wildman–Crippen MR) is 138 cm³/mol. The highest BCUT2D eigenvalue weighted by molar-refractivity contribution is 9.10. The molecule has 0 bridgehead atoms. The Morgan fingerprint density at radius 1 is 1.14 bits per heavy atom.